The van der Waals surface area contributed by atoms with E-state index >= 15 is 0 Å². The third-order valence-corrected chi connectivity index (χ3v) is 6.72. The fourth-order valence-corrected chi connectivity index (χ4v) is 4.99. The van der Waals surface area contributed by atoms with E-state index in [2.05, 4.69) is 10.2 Å². The number of morpholine rings is 1. The van der Waals surface area contributed by atoms with E-state index in [1.54, 1.807) is 29.5 Å². The van der Waals surface area contributed by atoms with Crippen molar-refractivity contribution in [2.45, 2.75) is 19.9 Å². The number of hydrogen-bond acceptors (Lipinski definition) is 4. The molecular formula is C24H25FN2O2S. The molecule has 0 bridgehead atoms. The molecule has 1 N–H and O–H groups in total. The van der Waals surface area contributed by atoms with Crippen molar-refractivity contribution in [3.8, 4) is 0 Å². The normalized spacial score (nSPS) is 15.7. The van der Waals surface area contributed by atoms with Crippen molar-refractivity contribution in [1.82, 2.24) is 4.90 Å². The minimum atomic E-state index is -0.286. The quantitative estimate of drug-likeness (QED) is 0.614. The van der Waals surface area contributed by atoms with Crippen molar-refractivity contribution in [1.29, 1.82) is 0 Å². The molecule has 2 heterocycles. The zero-order chi connectivity index (χ0) is 21.1. The average molecular weight is 425 g/mol. The first-order valence-electron chi connectivity index (χ1n) is 10.1. The van der Waals surface area contributed by atoms with E-state index in [1.165, 1.54) is 6.07 Å². The van der Waals surface area contributed by atoms with E-state index < -0.39 is 0 Å². The van der Waals surface area contributed by atoms with Crippen molar-refractivity contribution in [3.05, 3.63) is 87.5 Å². The van der Waals surface area contributed by atoms with Crippen molar-refractivity contribution < 1.29 is 13.9 Å². The number of rotatable bonds is 5. The van der Waals surface area contributed by atoms with Crippen LogP contribution in [0.25, 0.3) is 0 Å². The van der Waals surface area contributed by atoms with E-state index in [9.17, 15) is 9.18 Å². The van der Waals surface area contributed by atoms with Gasteiger partial charge < -0.3 is 10.1 Å². The number of nitrogens with one attached hydrogen (secondary N) is 1. The second kappa shape index (κ2) is 9.08. The van der Waals surface area contributed by atoms with Crippen molar-refractivity contribution in [3.63, 3.8) is 0 Å². The lowest BCUT2D eigenvalue weighted by molar-refractivity contribution is 0.0234. The highest BCUT2D eigenvalue weighted by Gasteiger charge is 2.32. The van der Waals surface area contributed by atoms with Crippen LogP contribution in [0.15, 0.2) is 54.6 Å². The predicted molar refractivity (Wildman–Crippen MR) is 119 cm³/mol. The summed E-state index contributed by atoms with van der Waals surface area (Å²) < 4.78 is 20.5. The number of thiophene rings is 1. The van der Waals surface area contributed by atoms with E-state index in [1.807, 2.05) is 44.2 Å². The van der Waals surface area contributed by atoms with Crippen LogP contribution in [-0.4, -0.2) is 37.1 Å². The number of amides is 1. The Morgan fingerprint density at radius 3 is 2.43 bits per heavy atom. The second-order valence-electron chi connectivity index (χ2n) is 7.42. The summed E-state index contributed by atoms with van der Waals surface area (Å²) in [6.45, 7) is 6.73. The van der Waals surface area contributed by atoms with Gasteiger partial charge in [0.25, 0.3) is 5.91 Å². The third kappa shape index (κ3) is 4.17. The molecular weight excluding hydrogens is 399 g/mol. The first kappa shape index (κ1) is 20.7. The Hall–Kier alpha value is -2.54. The predicted octanol–water partition coefficient (Wildman–Crippen LogP) is 5.18. The smallest absolute Gasteiger partial charge is 0.256 e. The summed E-state index contributed by atoms with van der Waals surface area (Å²) in [4.78, 5) is 16.2. The monoisotopic (exact) mass is 424 g/mol. The maximum Gasteiger partial charge on any atom is 0.256 e. The number of benzene rings is 2. The fraction of sp³-hybridized carbons (Fsp3) is 0.292. The van der Waals surface area contributed by atoms with Crippen LogP contribution in [0.5, 0.6) is 0 Å². The molecule has 0 radical (unpaired) electrons. The van der Waals surface area contributed by atoms with Gasteiger partial charge in [0, 0.05) is 34.7 Å². The first-order chi connectivity index (χ1) is 14.6. The number of aryl methyl sites for hydroxylation is 1. The van der Waals surface area contributed by atoms with Crippen molar-refractivity contribution in [2.75, 3.05) is 31.6 Å². The molecule has 0 aliphatic carbocycles. The lowest BCUT2D eigenvalue weighted by Crippen LogP contribution is -2.40. The summed E-state index contributed by atoms with van der Waals surface area (Å²) in [5, 5.41) is 3.87. The molecule has 2 aromatic carbocycles. The molecule has 6 heteroatoms. The zero-order valence-corrected chi connectivity index (χ0v) is 18.0. The number of ether oxygens (including phenoxy) is 1. The van der Waals surface area contributed by atoms with Gasteiger partial charge in [0.2, 0.25) is 0 Å². The van der Waals surface area contributed by atoms with Crippen LogP contribution >= 0.6 is 11.3 Å². The van der Waals surface area contributed by atoms with Crippen LogP contribution < -0.4 is 5.32 Å². The van der Waals surface area contributed by atoms with Gasteiger partial charge in [-0.05, 0) is 37.6 Å². The summed E-state index contributed by atoms with van der Waals surface area (Å²) in [6.07, 6.45) is 0. The number of carbonyl (C=O) groups is 1. The molecule has 1 unspecified atom stereocenters. The van der Waals surface area contributed by atoms with E-state index in [0.717, 1.165) is 21.0 Å². The summed E-state index contributed by atoms with van der Waals surface area (Å²) in [5.74, 6) is -0.398. The second-order valence-corrected chi connectivity index (χ2v) is 8.64. The standard InChI is InChI=1S/C24H25FN2O2S/c1-16-17(2)30-24(26-23(28)18-8-4-3-5-9-18)21(16)22(27-12-14-29-15-13-27)19-10-6-7-11-20(19)25/h3-11,22H,12-15H2,1-2H3,(H,26,28). The maximum atomic E-state index is 14.9. The molecule has 1 aliphatic heterocycles. The Bertz CT molecular complexity index is 1030. The zero-order valence-electron chi connectivity index (χ0n) is 17.2. The molecule has 4 rings (SSSR count). The minimum absolute atomic E-state index is 0.160. The third-order valence-electron chi connectivity index (χ3n) is 5.58. The molecule has 1 aromatic heterocycles. The van der Waals surface area contributed by atoms with Gasteiger partial charge in [-0.2, -0.15) is 0 Å². The van der Waals surface area contributed by atoms with Gasteiger partial charge in [0.15, 0.2) is 0 Å². The Morgan fingerprint density at radius 1 is 1.07 bits per heavy atom. The van der Waals surface area contributed by atoms with Gasteiger partial charge in [-0.25, -0.2) is 4.39 Å². The van der Waals surface area contributed by atoms with Crippen molar-refractivity contribution >= 4 is 22.2 Å². The molecule has 4 nitrogen and oxygen atoms in total. The van der Waals surface area contributed by atoms with Gasteiger partial charge >= 0.3 is 0 Å². The maximum absolute atomic E-state index is 14.9. The van der Waals surface area contributed by atoms with Crippen molar-refractivity contribution in [2.24, 2.45) is 0 Å². The number of anilines is 1. The highest BCUT2D eigenvalue weighted by molar-refractivity contribution is 7.16. The molecule has 0 saturated carbocycles. The Morgan fingerprint density at radius 2 is 1.73 bits per heavy atom. The highest BCUT2D eigenvalue weighted by Crippen LogP contribution is 2.43. The van der Waals surface area contributed by atoms with Crippen LogP contribution in [0.3, 0.4) is 0 Å². The molecule has 3 aromatic rings. The number of hydrogen-bond donors (Lipinski definition) is 1. The van der Waals surface area contributed by atoms with Gasteiger partial charge in [-0.1, -0.05) is 36.4 Å². The Balaban J connectivity index is 1.79. The summed E-state index contributed by atoms with van der Waals surface area (Å²) in [7, 11) is 0. The molecule has 1 amide bonds. The van der Waals surface area contributed by atoms with E-state index in [4.69, 9.17) is 4.74 Å². The van der Waals surface area contributed by atoms with Crippen LogP contribution in [0.4, 0.5) is 9.39 Å². The average Bonchev–Trinajstić information content (AvgIpc) is 3.04. The van der Waals surface area contributed by atoms with Gasteiger partial charge in [0.1, 0.15) is 10.8 Å². The van der Waals surface area contributed by atoms with Gasteiger partial charge in [0.05, 0.1) is 19.3 Å². The van der Waals surface area contributed by atoms with Gasteiger partial charge in [-0.15, -0.1) is 11.3 Å². The topological polar surface area (TPSA) is 41.6 Å². The Labute approximate surface area is 180 Å². The number of halogens is 1. The van der Waals surface area contributed by atoms with E-state index in [-0.39, 0.29) is 17.8 Å². The van der Waals surface area contributed by atoms with Crippen LogP contribution in [0, 0.1) is 19.7 Å². The van der Waals surface area contributed by atoms with Crippen LogP contribution in [-0.2, 0) is 4.74 Å². The lowest BCUT2D eigenvalue weighted by atomic mass is 9.94. The van der Waals surface area contributed by atoms with E-state index in [0.29, 0.717) is 37.4 Å². The highest BCUT2D eigenvalue weighted by atomic mass is 32.1. The minimum Gasteiger partial charge on any atom is -0.379 e. The van der Waals surface area contributed by atoms with Crippen LogP contribution in [0.1, 0.15) is 38.0 Å². The summed E-state index contributed by atoms with van der Waals surface area (Å²) >= 11 is 1.54. The fourth-order valence-electron chi connectivity index (χ4n) is 3.90. The SMILES string of the molecule is Cc1sc(NC(=O)c2ccccc2)c(C(c2ccccc2F)N2CCOCC2)c1C. The summed E-state index contributed by atoms with van der Waals surface area (Å²) in [5.41, 5.74) is 3.27. The molecule has 0 spiro atoms. The molecule has 156 valence electrons. The summed E-state index contributed by atoms with van der Waals surface area (Å²) in [6, 6.07) is 15.8. The first-order valence-corrected chi connectivity index (χ1v) is 10.9. The number of nitrogens with zero attached hydrogens (tertiary/aromatic N) is 1. The molecule has 30 heavy (non-hydrogen) atoms. The number of carbonyl (C=O) groups excluding carboxylic acids is 1. The largest absolute Gasteiger partial charge is 0.379 e. The Kier molecular flexibility index (Phi) is 6.27. The molecule has 1 aliphatic rings. The van der Waals surface area contributed by atoms with Crippen LogP contribution in [0.2, 0.25) is 0 Å². The lowest BCUT2D eigenvalue weighted by Gasteiger charge is -2.35. The molecule has 1 saturated heterocycles. The molecule has 1 atom stereocenters. The molecule has 1 fully saturated rings. The van der Waals surface area contributed by atoms with Gasteiger partial charge in [-0.3, -0.25) is 9.69 Å².